The van der Waals surface area contributed by atoms with E-state index in [9.17, 15) is 10.1 Å². The molecule has 1 aromatic carbocycles. The maximum atomic E-state index is 12.6. The number of nitrogens with zero attached hydrogens (tertiary/aromatic N) is 1. The van der Waals surface area contributed by atoms with Gasteiger partial charge in [0.25, 0.3) is 0 Å². The molecule has 0 bridgehead atoms. The van der Waals surface area contributed by atoms with E-state index < -0.39 is 11.9 Å². The first-order valence-corrected chi connectivity index (χ1v) is 8.74. The molecule has 28 heavy (non-hydrogen) atoms. The van der Waals surface area contributed by atoms with E-state index in [0.29, 0.717) is 29.2 Å². The second-order valence-electron chi connectivity index (χ2n) is 6.02. The van der Waals surface area contributed by atoms with Crippen LogP contribution in [0.25, 0.3) is 0 Å². The third-order valence-corrected chi connectivity index (χ3v) is 4.38. The monoisotopic (exact) mass is 384 g/mol. The van der Waals surface area contributed by atoms with Crippen LogP contribution in [0.4, 0.5) is 0 Å². The number of nitrogens with two attached hydrogens (primary N) is 1. The maximum absolute atomic E-state index is 12.6. The molecule has 1 aromatic rings. The Kier molecular flexibility index (Phi) is 6.72. The zero-order valence-electron chi connectivity index (χ0n) is 16.5. The van der Waals surface area contributed by atoms with E-state index in [-0.39, 0.29) is 23.6 Å². The number of hydrogen-bond donors (Lipinski definition) is 1. The van der Waals surface area contributed by atoms with Gasteiger partial charge in [-0.25, -0.2) is 4.79 Å². The first-order chi connectivity index (χ1) is 13.4. The van der Waals surface area contributed by atoms with Crippen molar-refractivity contribution in [3.8, 4) is 17.6 Å². The lowest BCUT2D eigenvalue weighted by Gasteiger charge is -2.27. The van der Waals surface area contributed by atoms with Crippen LogP contribution in [0, 0.1) is 11.3 Å². The van der Waals surface area contributed by atoms with Crippen LogP contribution in [0.2, 0.25) is 0 Å². The van der Waals surface area contributed by atoms with Gasteiger partial charge in [-0.2, -0.15) is 5.26 Å². The van der Waals surface area contributed by atoms with E-state index in [2.05, 4.69) is 12.6 Å². The summed E-state index contributed by atoms with van der Waals surface area (Å²) in [6.45, 7) is 7.29. The zero-order chi connectivity index (χ0) is 20.8. The Balaban J connectivity index is 2.77. The van der Waals surface area contributed by atoms with Gasteiger partial charge in [0.15, 0.2) is 11.5 Å². The summed E-state index contributed by atoms with van der Waals surface area (Å²) in [5.74, 6) is -0.0308. The first kappa shape index (κ1) is 20.9. The SMILES string of the molecule is C=CCc1cc(C2C(C#N)=C(N)OC(C)=C2C(=O)OCC)cc(OC)c1OC. The molecule has 1 unspecified atom stereocenters. The highest BCUT2D eigenvalue weighted by Gasteiger charge is 2.37. The van der Waals surface area contributed by atoms with Crippen molar-refractivity contribution in [2.24, 2.45) is 5.73 Å². The fourth-order valence-electron chi connectivity index (χ4n) is 3.23. The molecule has 0 spiro atoms. The van der Waals surface area contributed by atoms with Crippen LogP contribution in [0.3, 0.4) is 0 Å². The van der Waals surface area contributed by atoms with E-state index >= 15 is 0 Å². The molecule has 7 heteroatoms. The molecule has 1 aliphatic rings. The molecule has 0 amide bonds. The van der Waals surface area contributed by atoms with Crippen molar-refractivity contribution in [2.75, 3.05) is 20.8 Å². The predicted octanol–water partition coefficient (Wildman–Crippen LogP) is 3.08. The number of carbonyl (C=O) groups is 1. The van der Waals surface area contributed by atoms with E-state index in [1.165, 1.54) is 7.11 Å². The summed E-state index contributed by atoms with van der Waals surface area (Å²) < 4.78 is 21.6. The fraction of sp³-hybridized carbons (Fsp3) is 0.333. The Morgan fingerprint density at radius 3 is 2.64 bits per heavy atom. The van der Waals surface area contributed by atoms with Gasteiger partial charge in [0.05, 0.1) is 32.3 Å². The minimum absolute atomic E-state index is 0.0434. The summed E-state index contributed by atoms with van der Waals surface area (Å²) in [4.78, 5) is 12.6. The number of ether oxygens (including phenoxy) is 4. The van der Waals surface area contributed by atoms with Crippen molar-refractivity contribution in [1.82, 2.24) is 0 Å². The van der Waals surface area contributed by atoms with Crippen LogP contribution < -0.4 is 15.2 Å². The molecular formula is C21H24N2O5. The van der Waals surface area contributed by atoms with Gasteiger partial charge >= 0.3 is 5.97 Å². The number of hydrogen-bond acceptors (Lipinski definition) is 7. The van der Waals surface area contributed by atoms with Crippen LogP contribution >= 0.6 is 0 Å². The Morgan fingerprint density at radius 2 is 2.11 bits per heavy atom. The lowest BCUT2D eigenvalue weighted by atomic mass is 9.82. The molecule has 7 nitrogen and oxygen atoms in total. The third kappa shape index (κ3) is 3.81. The second kappa shape index (κ2) is 9.00. The number of nitriles is 1. The quantitative estimate of drug-likeness (QED) is 0.569. The predicted molar refractivity (Wildman–Crippen MR) is 103 cm³/mol. The molecule has 0 fully saturated rings. The van der Waals surface area contributed by atoms with Crippen LogP contribution in [-0.4, -0.2) is 26.8 Å². The molecule has 0 aliphatic carbocycles. The number of carbonyl (C=O) groups excluding carboxylic acids is 1. The van der Waals surface area contributed by atoms with E-state index in [4.69, 9.17) is 24.7 Å². The topological polar surface area (TPSA) is 104 Å². The maximum Gasteiger partial charge on any atom is 0.338 e. The van der Waals surface area contributed by atoms with Gasteiger partial charge in [0, 0.05) is 5.56 Å². The van der Waals surface area contributed by atoms with Crippen LogP contribution in [0.1, 0.15) is 30.9 Å². The van der Waals surface area contributed by atoms with Gasteiger partial charge in [0.2, 0.25) is 5.88 Å². The summed E-state index contributed by atoms with van der Waals surface area (Å²) in [5.41, 5.74) is 7.74. The lowest BCUT2D eigenvalue weighted by molar-refractivity contribution is -0.139. The van der Waals surface area contributed by atoms with E-state index in [0.717, 1.165) is 5.56 Å². The second-order valence-corrected chi connectivity index (χ2v) is 6.02. The Bertz CT molecular complexity index is 893. The standard InChI is InChI=1S/C21H24N2O5/c1-6-8-13-9-14(10-16(25-4)19(13)26-5)18-15(11-22)20(23)28-12(3)17(18)21(24)27-7-2/h6,9-10,18H,1,7-8,23H2,2-5H3. The smallest absolute Gasteiger partial charge is 0.338 e. The number of rotatable bonds is 7. The Labute approximate surface area is 164 Å². The van der Waals surface area contributed by atoms with Crippen molar-refractivity contribution < 1.29 is 23.7 Å². The molecule has 0 aromatic heterocycles. The highest BCUT2D eigenvalue weighted by molar-refractivity contribution is 5.92. The summed E-state index contributed by atoms with van der Waals surface area (Å²) in [7, 11) is 3.07. The summed E-state index contributed by atoms with van der Waals surface area (Å²) >= 11 is 0. The van der Waals surface area contributed by atoms with Gasteiger partial charge < -0.3 is 24.7 Å². The summed E-state index contributed by atoms with van der Waals surface area (Å²) in [6, 6.07) is 5.63. The highest BCUT2D eigenvalue weighted by atomic mass is 16.5. The van der Waals surface area contributed by atoms with E-state index in [1.54, 1.807) is 33.1 Å². The largest absolute Gasteiger partial charge is 0.493 e. The highest BCUT2D eigenvalue weighted by Crippen LogP contribution is 2.43. The number of benzene rings is 1. The van der Waals surface area contributed by atoms with E-state index in [1.807, 2.05) is 6.07 Å². The number of allylic oxidation sites excluding steroid dienone is 3. The zero-order valence-corrected chi connectivity index (χ0v) is 16.5. The third-order valence-electron chi connectivity index (χ3n) is 4.38. The van der Waals surface area contributed by atoms with Crippen LogP contribution in [0.5, 0.6) is 11.5 Å². The molecule has 2 rings (SSSR count). The molecule has 148 valence electrons. The first-order valence-electron chi connectivity index (χ1n) is 8.74. The molecular weight excluding hydrogens is 360 g/mol. The van der Waals surface area contributed by atoms with Gasteiger partial charge in [0.1, 0.15) is 17.4 Å². The molecule has 2 N–H and O–H groups in total. The molecule has 0 saturated heterocycles. The lowest BCUT2D eigenvalue weighted by Crippen LogP contribution is -2.25. The average molecular weight is 384 g/mol. The van der Waals surface area contributed by atoms with Crippen molar-refractivity contribution in [3.05, 3.63) is 58.7 Å². The minimum atomic E-state index is -0.749. The molecule has 1 atom stereocenters. The normalized spacial score (nSPS) is 16.2. The molecule has 1 aliphatic heterocycles. The number of esters is 1. The van der Waals surface area contributed by atoms with Crippen LogP contribution in [-0.2, 0) is 20.7 Å². The van der Waals surface area contributed by atoms with Crippen molar-refractivity contribution in [1.29, 1.82) is 5.26 Å². The molecule has 1 heterocycles. The average Bonchev–Trinajstić information content (AvgIpc) is 2.67. The van der Waals surface area contributed by atoms with Gasteiger partial charge in [-0.3, -0.25) is 0 Å². The fourth-order valence-corrected chi connectivity index (χ4v) is 3.23. The molecule has 0 radical (unpaired) electrons. The minimum Gasteiger partial charge on any atom is -0.493 e. The Morgan fingerprint density at radius 1 is 1.39 bits per heavy atom. The summed E-state index contributed by atoms with van der Waals surface area (Å²) in [6.07, 6.45) is 2.24. The van der Waals surface area contributed by atoms with Crippen molar-refractivity contribution in [2.45, 2.75) is 26.2 Å². The van der Waals surface area contributed by atoms with Crippen molar-refractivity contribution >= 4 is 5.97 Å². The van der Waals surface area contributed by atoms with Gasteiger partial charge in [-0.05, 0) is 31.9 Å². The Hall–Kier alpha value is -3.40. The van der Waals surface area contributed by atoms with Crippen molar-refractivity contribution in [3.63, 3.8) is 0 Å². The number of methoxy groups -OCH3 is 2. The van der Waals surface area contributed by atoms with Gasteiger partial charge in [-0.1, -0.05) is 12.1 Å². The van der Waals surface area contributed by atoms with Gasteiger partial charge in [-0.15, -0.1) is 6.58 Å². The summed E-state index contributed by atoms with van der Waals surface area (Å²) in [5, 5.41) is 9.69. The van der Waals surface area contributed by atoms with Crippen LogP contribution in [0.15, 0.2) is 47.6 Å². The molecule has 0 saturated carbocycles.